The monoisotopic (exact) mass is 373 g/mol. The van der Waals surface area contributed by atoms with Crippen molar-refractivity contribution in [2.75, 3.05) is 13.7 Å². The number of methoxy groups -OCH3 is 1. The Labute approximate surface area is 152 Å². The lowest BCUT2D eigenvalue weighted by Gasteiger charge is -2.50. The number of fused-ring (bicyclic) bond motifs is 1. The highest BCUT2D eigenvalue weighted by Crippen LogP contribution is 2.32. The number of hydrogen-bond donors (Lipinski definition) is 1. The maximum Gasteiger partial charge on any atom is 0.457 e. The lowest BCUT2D eigenvalue weighted by atomic mass is 9.79. The van der Waals surface area contributed by atoms with E-state index in [2.05, 4.69) is 31.9 Å². The Kier molecular flexibility index (Phi) is 7.48. The average Bonchev–Trinajstić information content (AvgIpc) is 2.53. The van der Waals surface area contributed by atoms with Crippen molar-refractivity contribution < 1.29 is 28.0 Å². The molecule has 2 saturated heterocycles. The summed E-state index contributed by atoms with van der Waals surface area (Å²) in [7, 11) is -0.572. The fourth-order valence-corrected chi connectivity index (χ4v) is 4.38. The molecular formula is C16H32BNO6Si. The Hall–Kier alpha value is -0.448. The molecule has 9 heteroatoms. The predicted molar refractivity (Wildman–Crippen MR) is 97.8 cm³/mol. The summed E-state index contributed by atoms with van der Waals surface area (Å²) >= 11 is 0. The maximum absolute atomic E-state index is 11.7. The molecule has 2 fully saturated rings. The van der Waals surface area contributed by atoms with Crippen molar-refractivity contribution in [1.82, 2.24) is 5.32 Å². The summed E-state index contributed by atoms with van der Waals surface area (Å²) in [6.07, 6.45) is 1.50. The standard InChI is InChI=1S/C16H32BNO6Si/c1-7-8-9-17-21-10-12-14(23-17)15(24-25(4,5)6)13(18-11(2)19)16(20-3)22-12/h12-16H,7-10H2,1-6H3,(H,18,19). The molecule has 0 aliphatic carbocycles. The minimum absolute atomic E-state index is 0.145. The molecule has 0 aromatic carbocycles. The van der Waals surface area contributed by atoms with E-state index in [0.717, 1.165) is 19.2 Å². The molecule has 2 rings (SSSR count). The minimum Gasteiger partial charge on any atom is -0.410 e. The van der Waals surface area contributed by atoms with Crippen molar-refractivity contribution in [3.63, 3.8) is 0 Å². The molecule has 5 unspecified atom stereocenters. The van der Waals surface area contributed by atoms with Crippen LogP contribution in [0.2, 0.25) is 26.0 Å². The normalized spacial score (nSPS) is 33.0. The Morgan fingerprint density at radius 3 is 2.64 bits per heavy atom. The number of rotatable bonds is 7. The van der Waals surface area contributed by atoms with Crippen LogP contribution in [0.15, 0.2) is 0 Å². The van der Waals surface area contributed by atoms with E-state index in [9.17, 15) is 4.79 Å². The van der Waals surface area contributed by atoms with Crippen LogP contribution in [0.4, 0.5) is 0 Å². The van der Waals surface area contributed by atoms with Gasteiger partial charge in [0.05, 0.1) is 18.8 Å². The first-order valence-electron chi connectivity index (χ1n) is 9.15. The number of carbonyl (C=O) groups excluding carboxylic acids is 1. The molecule has 5 atom stereocenters. The van der Waals surface area contributed by atoms with Gasteiger partial charge in [0.2, 0.25) is 5.91 Å². The quantitative estimate of drug-likeness (QED) is 0.686. The highest BCUT2D eigenvalue weighted by Gasteiger charge is 2.52. The molecule has 1 amide bonds. The number of nitrogens with one attached hydrogen (secondary N) is 1. The molecule has 0 bridgehead atoms. The van der Waals surface area contributed by atoms with Gasteiger partial charge in [0, 0.05) is 14.0 Å². The number of amides is 1. The SMILES string of the molecule is CCCCB1OCC2OC(OC)C(NC(C)=O)C(O[Si](C)(C)C)C2O1. The zero-order valence-electron chi connectivity index (χ0n) is 16.2. The number of hydrogen-bond acceptors (Lipinski definition) is 6. The van der Waals surface area contributed by atoms with Crippen molar-refractivity contribution in [2.45, 2.75) is 83.3 Å². The van der Waals surface area contributed by atoms with Gasteiger partial charge in [0.1, 0.15) is 12.1 Å². The van der Waals surface area contributed by atoms with Gasteiger partial charge in [-0.15, -0.1) is 0 Å². The molecule has 0 spiro atoms. The predicted octanol–water partition coefficient (Wildman–Crippen LogP) is 1.79. The van der Waals surface area contributed by atoms with Crippen molar-refractivity contribution in [1.29, 1.82) is 0 Å². The third kappa shape index (κ3) is 5.77. The maximum atomic E-state index is 11.7. The van der Waals surface area contributed by atoms with Crippen LogP contribution in [-0.2, 0) is 28.0 Å². The summed E-state index contributed by atoms with van der Waals surface area (Å²) in [5.74, 6) is -0.145. The molecule has 2 aliphatic heterocycles. The highest BCUT2D eigenvalue weighted by molar-refractivity contribution is 6.69. The smallest absolute Gasteiger partial charge is 0.410 e. The van der Waals surface area contributed by atoms with Crippen LogP contribution < -0.4 is 5.32 Å². The highest BCUT2D eigenvalue weighted by atomic mass is 28.4. The third-order valence-corrected chi connectivity index (χ3v) is 5.27. The third-order valence-electron chi connectivity index (χ3n) is 4.29. The van der Waals surface area contributed by atoms with Crippen LogP contribution in [-0.4, -0.2) is 65.7 Å². The van der Waals surface area contributed by atoms with Gasteiger partial charge in [0.15, 0.2) is 14.6 Å². The van der Waals surface area contributed by atoms with Gasteiger partial charge < -0.3 is 28.5 Å². The van der Waals surface area contributed by atoms with E-state index in [1.54, 1.807) is 7.11 Å². The van der Waals surface area contributed by atoms with Crippen molar-refractivity contribution in [3.05, 3.63) is 0 Å². The number of ether oxygens (including phenoxy) is 2. The molecule has 1 N–H and O–H groups in total. The van der Waals surface area contributed by atoms with Gasteiger partial charge in [-0.3, -0.25) is 4.79 Å². The summed E-state index contributed by atoms with van der Waals surface area (Å²) in [6, 6.07) is -0.416. The molecule has 0 aromatic heterocycles. The minimum atomic E-state index is -1.89. The Balaban J connectivity index is 2.22. The van der Waals surface area contributed by atoms with Gasteiger partial charge in [0.25, 0.3) is 0 Å². The molecule has 2 heterocycles. The fourth-order valence-electron chi connectivity index (χ4n) is 3.28. The first-order chi connectivity index (χ1) is 11.7. The second-order valence-electron chi connectivity index (χ2n) is 7.71. The van der Waals surface area contributed by atoms with E-state index in [4.69, 9.17) is 23.2 Å². The molecule has 7 nitrogen and oxygen atoms in total. The molecule has 0 saturated carbocycles. The van der Waals surface area contributed by atoms with Gasteiger partial charge in [-0.2, -0.15) is 0 Å². The summed E-state index contributed by atoms with van der Waals surface area (Å²) in [6.45, 7) is 10.4. The van der Waals surface area contributed by atoms with Gasteiger partial charge in [-0.25, -0.2) is 0 Å². The molecule has 0 aromatic rings. The van der Waals surface area contributed by atoms with E-state index in [0.29, 0.717) is 6.61 Å². The van der Waals surface area contributed by atoms with Crippen LogP contribution in [0.25, 0.3) is 0 Å². The summed E-state index contributed by atoms with van der Waals surface area (Å²) in [5.41, 5.74) is 0. The summed E-state index contributed by atoms with van der Waals surface area (Å²) in [4.78, 5) is 11.7. The lowest BCUT2D eigenvalue weighted by molar-refractivity contribution is -0.266. The first-order valence-corrected chi connectivity index (χ1v) is 12.6. The molecule has 144 valence electrons. The van der Waals surface area contributed by atoms with Crippen molar-refractivity contribution >= 4 is 21.3 Å². The zero-order chi connectivity index (χ0) is 18.6. The van der Waals surface area contributed by atoms with Gasteiger partial charge in [-0.1, -0.05) is 19.8 Å². The lowest BCUT2D eigenvalue weighted by Crippen LogP contribution is -2.69. The van der Waals surface area contributed by atoms with Crippen LogP contribution >= 0.6 is 0 Å². The topological polar surface area (TPSA) is 75.2 Å². The van der Waals surface area contributed by atoms with E-state index in [1.807, 2.05) is 0 Å². The van der Waals surface area contributed by atoms with E-state index in [1.165, 1.54) is 6.92 Å². The Bertz CT molecular complexity index is 449. The van der Waals surface area contributed by atoms with Crippen LogP contribution in [0, 0.1) is 0 Å². The van der Waals surface area contributed by atoms with Crippen LogP contribution in [0.1, 0.15) is 26.7 Å². The second-order valence-corrected chi connectivity index (χ2v) is 12.2. The molecule has 2 aliphatic rings. The summed E-state index contributed by atoms with van der Waals surface area (Å²) < 4.78 is 29.9. The molecule has 0 radical (unpaired) electrons. The van der Waals surface area contributed by atoms with Crippen molar-refractivity contribution in [3.8, 4) is 0 Å². The number of carbonyl (C=O) groups is 1. The first kappa shape index (κ1) is 20.9. The van der Waals surface area contributed by atoms with Crippen molar-refractivity contribution in [2.24, 2.45) is 0 Å². The zero-order valence-corrected chi connectivity index (χ0v) is 17.2. The Morgan fingerprint density at radius 1 is 1.36 bits per heavy atom. The fraction of sp³-hybridized carbons (Fsp3) is 0.938. The largest absolute Gasteiger partial charge is 0.457 e. The molecular weight excluding hydrogens is 341 g/mol. The van der Waals surface area contributed by atoms with E-state index < -0.39 is 20.6 Å². The second kappa shape index (κ2) is 8.97. The number of unbranched alkanes of at least 4 members (excludes halogenated alkanes) is 1. The summed E-state index contributed by atoms with van der Waals surface area (Å²) in [5, 5.41) is 2.93. The van der Waals surface area contributed by atoms with Gasteiger partial charge in [-0.05, 0) is 26.0 Å². The van der Waals surface area contributed by atoms with Crippen LogP contribution in [0.3, 0.4) is 0 Å². The van der Waals surface area contributed by atoms with Crippen LogP contribution in [0.5, 0.6) is 0 Å². The Morgan fingerprint density at radius 2 is 2.08 bits per heavy atom. The van der Waals surface area contributed by atoms with Gasteiger partial charge >= 0.3 is 7.12 Å². The van der Waals surface area contributed by atoms with E-state index >= 15 is 0 Å². The average molecular weight is 373 g/mol. The van der Waals surface area contributed by atoms with E-state index in [-0.39, 0.29) is 31.3 Å². The molecule has 25 heavy (non-hydrogen) atoms.